The molecule has 0 spiro atoms. The SMILES string of the molecule is Cn1c(C(=O)N2CCCCC2CO)cccc1=O. The van der Waals surface area contributed by atoms with Gasteiger partial charge in [-0.15, -0.1) is 0 Å². The Morgan fingerprint density at radius 1 is 1.44 bits per heavy atom. The highest BCUT2D eigenvalue weighted by Gasteiger charge is 2.27. The van der Waals surface area contributed by atoms with Gasteiger partial charge in [-0.05, 0) is 25.3 Å². The fourth-order valence-corrected chi connectivity index (χ4v) is 2.38. The van der Waals surface area contributed by atoms with Crippen LogP contribution in [0.2, 0.25) is 0 Å². The summed E-state index contributed by atoms with van der Waals surface area (Å²) in [5, 5.41) is 9.32. The van der Waals surface area contributed by atoms with Gasteiger partial charge in [0.1, 0.15) is 5.69 Å². The van der Waals surface area contributed by atoms with Crippen molar-refractivity contribution in [3.8, 4) is 0 Å². The van der Waals surface area contributed by atoms with Gasteiger partial charge >= 0.3 is 0 Å². The smallest absolute Gasteiger partial charge is 0.270 e. The molecule has 18 heavy (non-hydrogen) atoms. The number of amides is 1. The molecule has 1 aromatic rings. The van der Waals surface area contributed by atoms with Crippen LogP contribution in [-0.4, -0.2) is 39.7 Å². The Morgan fingerprint density at radius 3 is 2.94 bits per heavy atom. The number of hydrogen-bond donors (Lipinski definition) is 1. The lowest BCUT2D eigenvalue weighted by Crippen LogP contribution is -2.46. The topological polar surface area (TPSA) is 62.5 Å². The van der Waals surface area contributed by atoms with Crippen molar-refractivity contribution < 1.29 is 9.90 Å². The van der Waals surface area contributed by atoms with Crippen molar-refractivity contribution in [3.05, 3.63) is 34.2 Å². The van der Waals surface area contributed by atoms with Gasteiger partial charge in [0.15, 0.2) is 0 Å². The fraction of sp³-hybridized carbons (Fsp3) is 0.538. The van der Waals surface area contributed by atoms with Gasteiger partial charge < -0.3 is 14.6 Å². The van der Waals surface area contributed by atoms with E-state index in [4.69, 9.17) is 0 Å². The maximum absolute atomic E-state index is 12.4. The molecular weight excluding hydrogens is 232 g/mol. The summed E-state index contributed by atoms with van der Waals surface area (Å²) in [6.45, 7) is 0.625. The Balaban J connectivity index is 2.30. The molecule has 0 aliphatic carbocycles. The van der Waals surface area contributed by atoms with Gasteiger partial charge in [0.2, 0.25) is 0 Å². The summed E-state index contributed by atoms with van der Waals surface area (Å²) in [5.74, 6) is -0.172. The third kappa shape index (κ3) is 2.31. The summed E-state index contributed by atoms with van der Waals surface area (Å²) >= 11 is 0. The largest absolute Gasteiger partial charge is 0.394 e. The molecule has 5 heteroatoms. The average Bonchev–Trinajstić information content (AvgIpc) is 2.41. The van der Waals surface area contributed by atoms with Crippen LogP contribution in [0, 0.1) is 0 Å². The molecule has 1 amide bonds. The summed E-state index contributed by atoms with van der Waals surface area (Å²) in [7, 11) is 1.59. The minimum absolute atomic E-state index is 0.0213. The van der Waals surface area contributed by atoms with E-state index in [1.807, 2.05) is 0 Å². The van der Waals surface area contributed by atoms with E-state index in [1.54, 1.807) is 24.1 Å². The third-order valence-corrected chi connectivity index (χ3v) is 3.50. The van der Waals surface area contributed by atoms with Gasteiger partial charge in [0.05, 0.1) is 12.6 Å². The lowest BCUT2D eigenvalue weighted by Gasteiger charge is -2.34. The Labute approximate surface area is 106 Å². The van der Waals surface area contributed by atoms with Crippen LogP contribution < -0.4 is 5.56 Å². The number of aromatic nitrogens is 1. The number of hydrogen-bond acceptors (Lipinski definition) is 3. The van der Waals surface area contributed by atoms with Crippen LogP contribution in [0.25, 0.3) is 0 Å². The van der Waals surface area contributed by atoms with Gasteiger partial charge in [0, 0.05) is 19.7 Å². The van der Waals surface area contributed by atoms with Crippen LogP contribution in [0.3, 0.4) is 0 Å². The van der Waals surface area contributed by atoms with Gasteiger partial charge in [-0.1, -0.05) is 6.07 Å². The van der Waals surface area contributed by atoms with Crippen LogP contribution in [0.5, 0.6) is 0 Å². The maximum Gasteiger partial charge on any atom is 0.270 e. The standard InChI is InChI=1S/C13H18N2O3/c1-14-11(6-4-7-12(14)17)13(18)15-8-3-2-5-10(15)9-16/h4,6-7,10,16H,2-3,5,8-9H2,1H3. The number of nitrogens with zero attached hydrogens (tertiary/aromatic N) is 2. The minimum Gasteiger partial charge on any atom is -0.394 e. The van der Waals surface area contributed by atoms with E-state index in [0.717, 1.165) is 19.3 Å². The lowest BCUT2D eigenvalue weighted by molar-refractivity contribution is 0.0492. The summed E-state index contributed by atoms with van der Waals surface area (Å²) < 4.78 is 1.35. The number of pyridine rings is 1. The van der Waals surface area contributed by atoms with Crippen molar-refractivity contribution in [3.63, 3.8) is 0 Å². The molecule has 1 atom stereocenters. The van der Waals surface area contributed by atoms with Gasteiger partial charge in [-0.3, -0.25) is 9.59 Å². The van der Waals surface area contributed by atoms with E-state index in [2.05, 4.69) is 0 Å². The number of aliphatic hydroxyl groups excluding tert-OH is 1. The zero-order valence-electron chi connectivity index (χ0n) is 10.5. The molecule has 1 aliphatic heterocycles. The molecule has 2 rings (SSSR count). The van der Waals surface area contributed by atoms with Crippen molar-refractivity contribution in [2.75, 3.05) is 13.2 Å². The molecule has 1 unspecified atom stereocenters. The molecule has 1 fully saturated rings. The van der Waals surface area contributed by atoms with Crippen molar-refractivity contribution in [1.82, 2.24) is 9.47 Å². The second-order valence-electron chi connectivity index (χ2n) is 4.64. The van der Waals surface area contributed by atoms with Gasteiger partial charge in [-0.25, -0.2) is 0 Å². The summed E-state index contributed by atoms with van der Waals surface area (Å²) in [6, 6.07) is 4.54. The highest BCUT2D eigenvalue weighted by atomic mass is 16.3. The molecule has 5 nitrogen and oxygen atoms in total. The summed E-state index contributed by atoms with van der Waals surface area (Å²) in [5.41, 5.74) is 0.182. The molecule has 0 aromatic carbocycles. The number of carbonyl (C=O) groups excluding carboxylic acids is 1. The Bertz CT molecular complexity index is 495. The van der Waals surface area contributed by atoms with Crippen molar-refractivity contribution in [2.45, 2.75) is 25.3 Å². The molecule has 2 heterocycles. The predicted molar refractivity (Wildman–Crippen MR) is 67.4 cm³/mol. The van der Waals surface area contributed by atoms with Crippen LogP contribution in [-0.2, 0) is 7.05 Å². The number of likely N-dealkylation sites (tertiary alicyclic amines) is 1. The first-order valence-corrected chi connectivity index (χ1v) is 6.23. The first-order valence-electron chi connectivity index (χ1n) is 6.23. The minimum atomic E-state index is -0.196. The highest BCUT2D eigenvalue weighted by molar-refractivity contribution is 5.92. The van der Waals surface area contributed by atoms with Crippen LogP contribution in [0.4, 0.5) is 0 Å². The van der Waals surface area contributed by atoms with Crippen LogP contribution in [0.15, 0.2) is 23.0 Å². The first-order chi connectivity index (χ1) is 8.65. The molecule has 0 saturated carbocycles. The second kappa shape index (κ2) is 5.35. The number of rotatable bonds is 2. The number of aliphatic hydroxyl groups is 1. The van der Waals surface area contributed by atoms with Crippen LogP contribution in [0.1, 0.15) is 29.8 Å². The number of carbonyl (C=O) groups is 1. The predicted octanol–water partition coefficient (Wildman–Crippen LogP) is 0.372. The molecule has 1 saturated heterocycles. The molecular formula is C13H18N2O3. The van der Waals surface area contributed by atoms with E-state index in [1.165, 1.54) is 10.6 Å². The van der Waals surface area contributed by atoms with E-state index in [0.29, 0.717) is 12.2 Å². The summed E-state index contributed by atoms with van der Waals surface area (Å²) in [6.07, 6.45) is 2.80. The van der Waals surface area contributed by atoms with E-state index in [-0.39, 0.29) is 24.1 Å². The molecule has 1 aromatic heterocycles. The Hall–Kier alpha value is -1.62. The van der Waals surface area contributed by atoms with Crippen molar-refractivity contribution in [2.24, 2.45) is 7.05 Å². The second-order valence-corrected chi connectivity index (χ2v) is 4.64. The van der Waals surface area contributed by atoms with Gasteiger partial charge in [-0.2, -0.15) is 0 Å². The van der Waals surface area contributed by atoms with Gasteiger partial charge in [0.25, 0.3) is 11.5 Å². The quantitative estimate of drug-likeness (QED) is 0.825. The lowest BCUT2D eigenvalue weighted by atomic mass is 10.0. The van der Waals surface area contributed by atoms with Crippen molar-refractivity contribution >= 4 is 5.91 Å². The zero-order valence-corrected chi connectivity index (χ0v) is 10.5. The van der Waals surface area contributed by atoms with E-state index < -0.39 is 0 Å². The number of piperidine rings is 1. The highest BCUT2D eigenvalue weighted by Crippen LogP contribution is 2.18. The zero-order chi connectivity index (χ0) is 13.1. The summed E-state index contributed by atoms with van der Waals surface area (Å²) in [4.78, 5) is 25.6. The van der Waals surface area contributed by atoms with Crippen molar-refractivity contribution in [1.29, 1.82) is 0 Å². The molecule has 98 valence electrons. The fourth-order valence-electron chi connectivity index (χ4n) is 2.38. The molecule has 1 N–H and O–H groups in total. The Kier molecular flexibility index (Phi) is 3.81. The van der Waals surface area contributed by atoms with E-state index >= 15 is 0 Å². The average molecular weight is 250 g/mol. The molecule has 0 radical (unpaired) electrons. The monoisotopic (exact) mass is 250 g/mol. The Morgan fingerprint density at radius 2 is 2.22 bits per heavy atom. The first kappa shape index (κ1) is 12.8. The molecule has 1 aliphatic rings. The third-order valence-electron chi connectivity index (χ3n) is 3.50. The maximum atomic E-state index is 12.4. The van der Waals surface area contributed by atoms with E-state index in [9.17, 15) is 14.7 Å². The van der Waals surface area contributed by atoms with Crippen LogP contribution >= 0.6 is 0 Å². The molecule has 0 bridgehead atoms. The normalized spacial score (nSPS) is 19.9.